The summed E-state index contributed by atoms with van der Waals surface area (Å²) in [5.41, 5.74) is 3.76. The fourth-order valence-corrected chi connectivity index (χ4v) is 1.86. The van der Waals surface area contributed by atoms with Crippen molar-refractivity contribution in [3.8, 4) is 0 Å². The molecule has 0 spiro atoms. The van der Waals surface area contributed by atoms with Crippen LogP contribution in [0.4, 0.5) is 5.69 Å². The van der Waals surface area contributed by atoms with Crippen LogP contribution >= 0.6 is 0 Å². The summed E-state index contributed by atoms with van der Waals surface area (Å²) < 4.78 is 0. The van der Waals surface area contributed by atoms with Crippen LogP contribution in [0.5, 0.6) is 0 Å². The molecule has 74 valence electrons. The third-order valence-corrected chi connectivity index (χ3v) is 2.38. The van der Waals surface area contributed by atoms with E-state index < -0.39 is 0 Å². The molecule has 1 heterocycles. The fraction of sp³-hybridized carbons (Fsp3) is 0.417. The Morgan fingerprint density at radius 1 is 1.14 bits per heavy atom. The lowest BCUT2D eigenvalue weighted by molar-refractivity contribution is 0.951. The minimum absolute atomic E-state index is 0.979. The molecule has 0 fully saturated rings. The fourth-order valence-electron chi connectivity index (χ4n) is 1.86. The third-order valence-electron chi connectivity index (χ3n) is 2.38. The molecule has 2 nitrogen and oxygen atoms in total. The third kappa shape index (κ3) is 2.13. The first kappa shape index (κ1) is 9.25. The van der Waals surface area contributed by atoms with Gasteiger partial charge in [-0.3, -0.25) is 4.99 Å². The van der Waals surface area contributed by atoms with Gasteiger partial charge in [-0.05, 0) is 43.5 Å². The maximum atomic E-state index is 4.40. The van der Waals surface area contributed by atoms with E-state index >= 15 is 0 Å². The Morgan fingerprint density at radius 3 is 2.43 bits per heavy atom. The van der Waals surface area contributed by atoms with E-state index in [4.69, 9.17) is 0 Å². The molecular formula is C12H16N2. The molecule has 0 saturated carbocycles. The van der Waals surface area contributed by atoms with Crippen LogP contribution in [0.1, 0.15) is 24.0 Å². The molecule has 0 aliphatic carbocycles. The molecule has 1 N–H and O–H groups in total. The number of hydrogen-bond donors (Lipinski definition) is 1. The van der Waals surface area contributed by atoms with Crippen LogP contribution in [0.2, 0.25) is 0 Å². The minimum Gasteiger partial charge on any atom is -0.344 e. The highest BCUT2D eigenvalue weighted by molar-refractivity contribution is 5.96. The summed E-state index contributed by atoms with van der Waals surface area (Å²) in [5.74, 6) is 1.13. The van der Waals surface area contributed by atoms with Crippen molar-refractivity contribution >= 4 is 11.5 Å². The number of anilines is 1. The first-order valence-corrected chi connectivity index (χ1v) is 5.13. The zero-order chi connectivity index (χ0) is 9.97. The molecule has 0 amide bonds. The van der Waals surface area contributed by atoms with Crippen molar-refractivity contribution < 1.29 is 0 Å². The Morgan fingerprint density at radius 2 is 1.86 bits per heavy atom. The second-order valence-corrected chi connectivity index (χ2v) is 3.93. The van der Waals surface area contributed by atoms with E-state index in [1.54, 1.807) is 0 Å². The SMILES string of the molecule is Cc1cc(C)cc(NC2=NCCC2)c1. The van der Waals surface area contributed by atoms with E-state index in [1.807, 2.05) is 0 Å². The largest absolute Gasteiger partial charge is 0.344 e. The maximum absolute atomic E-state index is 4.40. The summed E-state index contributed by atoms with van der Waals surface area (Å²) in [5, 5.41) is 3.37. The average Bonchev–Trinajstić information content (AvgIpc) is 2.54. The van der Waals surface area contributed by atoms with Crippen LogP contribution < -0.4 is 5.32 Å². The van der Waals surface area contributed by atoms with E-state index in [1.165, 1.54) is 23.2 Å². The molecule has 1 aliphatic heterocycles. The van der Waals surface area contributed by atoms with E-state index in [9.17, 15) is 0 Å². The molecule has 0 radical (unpaired) electrons. The van der Waals surface area contributed by atoms with Gasteiger partial charge in [0.1, 0.15) is 5.84 Å². The van der Waals surface area contributed by atoms with Crippen molar-refractivity contribution in [2.75, 3.05) is 11.9 Å². The zero-order valence-corrected chi connectivity index (χ0v) is 8.80. The molecule has 1 aromatic carbocycles. The quantitative estimate of drug-likeness (QED) is 0.720. The van der Waals surface area contributed by atoms with Gasteiger partial charge in [0.2, 0.25) is 0 Å². The standard InChI is InChI=1S/C12H16N2/c1-9-6-10(2)8-11(7-9)14-12-4-3-5-13-12/h6-8H,3-5H2,1-2H3,(H,13,14). The van der Waals surface area contributed by atoms with E-state index in [0.29, 0.717) is 0 Å². The van der Waals surface area contributed by atoms with Gasteiger partial charge in [0, 0.05) is 18.7 Å². The van der Waals surface area contributed by atoms with Gasteiger partial charge in [-0.25, -0.2) is 0 Å². The lowest BCUT2D eigenvalue weighted by atomic mass is 10.1. The van der Waals surface area contributed by atoms with Crippen LogP contribution in [-0.4, -0.2) is 12.4 Å². The van der Waals surface area contributed by atoms with Gasteiger partial charge in [-0.2, -0.15) is 0 Å². The van der Waals surface area contributed by atoms with Crippen LogP contribution in [0.25, 0.3) is 0 Å². The summed E-state index contributed by atoms with van der Waals surface area (Å²) >= 11 is 0. The van der Waals surface area contributed by atoms with Crippen LogP contribution in [-0.2, 0) is 0 Å². The van der Waals surface area contributed by atoms with Gasteiger partial charge in [0.05, 0.1) is 0 Å². The van der Waals surface area contributed by atoms with Gasteiger partial charge >= 0.3 is 0 Å². The molecule has 1 aromatic rings. The van der Waals surface area contributed by atoms with Gasteiger partial charge in [0.15, 0.2) is 0 Å². The number of hydrogen-bond acceptors (Lipinski definition) is 2. The molecule has 0 atom stereocenters. The summed E-state index contributed by atoms with van der Waals surface area (Å²) in [6.45, 7) is 5.22. The van der Waals surface area contributed by atoms with Crippen molar-refractivity contribution in [2.45, 2.75) is 26.7 Å². The van der Waals surface area contributed by atoms with Crippen molar-refractivity contribution in [2.24, 2.45) is 4.99 Å². The van der Waals surface area contributed by atoms with E-state index in [-0.39, 0.29) is 0 Å². The Kier molecular flexibility index (Phi) is 2.53. The average molecular weight is 188 g/mol. The minimum atomic E-state index is 0.979. The van der Waals surface area contributed by atoms with Gasteiger partial charge in [-0.15, -0.1) is 0 Å². The van der Waals surface area contributed by atoms with Crippen LogP contribution in [0.3, 0.4) is 0 Å². The van der Waals surface area contributed by atoms with Gasteiger partial charge in [0.25, 0.3) is 0 Å². The number of rotatable bonds is 1. The Bertz CT molecular complexity index is 346. The molecule has 2 heteroatoms. The first-order chi connectivity index (χ1) is 6.74. The number of nitrogens with zero attached hydrogens (tertiary/aromatic N) is 1. The molecule has 0 bridgehead atoms. The highest BCUT2D eigenvalue weighted by Crippen LogP contribution is 2.15. The molecule has 0 saturated heterocycles. The Hall–Kier alpha value is -1.31. The molecule has 1 aliphatic rings. The summed E-state index contributed by atoms with van der Waals surface area (Å²) in [6, 6.07) is 6.50. The lowest BCUT2D eigenvalue weighted by Crippen LogP contribution is -2.08. The smallest absolute Gasteiger partial charge is 0.101 e. The second kappa shape index (κ2) is 3.82. The monoisotopic (exact) mass is 188 g/mol. The van der Waals surface area contributed by atoms with Crippen molar-refractivity contribution in [1.82, 2.24) is 0 Å². The summed E-state index contributed by atoms with van der Waals surface area (Å²) in [7, 11) is 0. The highest BCUT2D eigenvalue weighted by atomic mass is 15.0. The normalized spacial score (nSPS) is 15.4. The zero-order valence-electron chi connectivity index (χ0n) is 8.80. The molecular weight excluding hydrogens is 172 g/mol. The molecule has 14 heavy (non-hydrogen) atoms. The van der Waals surface area contributed by atoms with Crippen molar-refractivity contribution in [3.63, 3.8) is 0 Å². The number of amidine groups is 1. The molecule has 0 aromatic heterocycles. The maximum Gasteiger partial charge on any atom is 0.101 e. The lowest BCUT2D eigenvalue weighted by Gasteiger charge is -2.07. The number of nitrogens with one attached hydrogen (secondary N) is 1. The molecule has 2 rings (SSSR count). The Labute approximate surface area is 85.1 Å². The number of benzene rings is 1. The first-order valence-electron chi connectivity index (χ1n) is 5.13. The van der Waals surface area contributed by atoms with Gasteiger partial charge in [-0.1, -0.05) is 6.07 Å². The molecule has 0 unspecified atom stereocenters. The summed E-state index contributed by atoms with van der Waals surface area (Å²) in [4.78, 5) is 4.40. The van der Waals surface area contributed by atoms with Crippen molar-refractivity contribution in [3.05, 3.63) is 29.3 Å². The van der Waals surface area contributed by atoms with E-state index in [2.05, 4.69) is 42.4 Å². The Balaban J connectivity index is 2.15. The predicted molar refractivity (Wildman–Crippen MR) is 61.1 cm³/mol. The van der Waals surface area contributed by atoms with Crippen molar-refractivity contribution in [1.29, 1.82) is 0 Å². The summed E-state index contributed by atoms with van der Waals surface area (Å²) in [6.07, 6.45) is 2.28. The highest BCUT2D eigenvalue weighted by Gasteiger charge is 2.06. The number of aryl methyl sites for hydroxylation is 2. The van der Waals surface area contributed by atoms with Crippen LogP contribution in [0.15, 0.2) is 23.2 Å². The number of aliphatic imine (C=N–C) groups is 1. The predicted octanol–water partition coefficient (Wildman–Crippen LogP) is 2.91. The topological polar surface area (TPSA) is 24.4 Å². The van der Waals surface area contributed by atoms with E-state index in [0.717, 1.165) is 18.8 Å². The van der Waals surface area contributed by atoms with Crippen LogP contribution in [0, 0.1) is 13.8 Å². The van der Waals surface area contributed by atoms with Gasteiger partial charge < -0.3 is 5.32 Å². The second-order valence-electron chi connectivity index (χ2n) is 3.93.